The summed E-state index contributed by atoms with van der Waals surface area (Å²) in [6, 6.07) is 7.92. The van der Waals surface area contributed by atoms with Gasteiger partial charge in [0.1, 0.15) is 5.82 Å². The molecular weight excluding hydrogens is 377 g/mol. The number of anilines is 1. The van der Waals surface area contributed by atoms with Gasteiger partial charge in [0.05, 0.1) is 5.69 Å². The average Bonchev–Trinajstić information content (AvgIpc) is 3.00. The Morgan fingerprint density at radius 2 is 1.92 bits per heavy atom. The van der Waals surface area contributed by atoms with Crippen LogP contribution in [0.25, 0.3) is 0 Å². The zero-order valence-electron chi connectivity index (χ0n) is 14.7. The zero-order valence-corrected chi connectivity index (χ0v) is 16.3. The number of carbonyl (C=O) groups excluding carboxylic acids is 1. The Bertz CT molecular complexity index is 851. The van der Waals surface area contributed by atoms with E-state index in [0.717, 1.165) is 10.5 Å². The molecule has 1 aliphatic heterocycles. The van der Waals surface area contributed by atoms with Crippen molar-refractivity contribution in [3.8, 4) is 11.5 Å². The van der Waals surface area contributed by atoms with Gasteiger partial charge in [0, 0.05) is 27.2 Å². The maximum Gasteiger partial charge on any atom is 0.231 e. The third-order valence-electron chi connectivity index (χ3n) is 3.80. The molecule has 0 fully saturated rings. The minimum atomic E-state index is -0.575. The van der Waals surface area contributed by atoms with Gasteiger partial charge in [0.25, 0.3) is 0 Å². The Morgan fingerprint density at radius 3 is 2.62 bits per heavy atom. The normalized spacial score (nSPS) is 13.0. The molecule has 138 valence electrons. The number of thioether (sulfide) groups is 1. The van der Waals surface area contributed by atoms with E-state index in [1.807, 2.05) is 6.07 Å². The lowest BCUT2D eigenvalue weighted by Crippen LogP contribution is -2.27. The lowest BCUT2D eigenvalue weighted by Gasteiger charge is -2.19. The minimum absolute atomic E-state index is 0.175. The third-order valence-corrected chi connectivity index (χ3v) is 5.27. The highest BCUT2D eigenvalue weighted by molar-refractivity contribution is 7.98. The Labute approximate surface area is 161 Å². The molecule has 0 saturated carbocycles. The van der Waals surface area contributed by atoms with Crippen molar-refractivity contribution in [1.29, 1.82) is 0 Å². The fourth-order valence-corrected chi connectivity index (χ4v) is 3.54. The number of halogens is 2. The summed E-state index contributed by atoms with van der Waals surface area (Å²) in [6.45, 7) is 5.60. The standard InChI is InChI=1S/C19H19ClFNO3S/c1-19(2,3)18(23)22-14-7-12(21)4-5-17(14)26-9-11-6-15-16(8-13(11)20)25-10-24-15/h4-8H,9-10H2,1-3H3,(H,22,23). The van der Waals surface area contributed by atoms with Gasteiger partial charge < -0.3 is 14.8 Å². The number of fused-ring (bicyclic) bond motifs is 1. The van der Waals surface area contributed by atoms with Crippen LogP contribution in [0.3, 0.4) is 0 Å². The first-order chi connectivity index (χ1) is 12.2. The van der Waals surface area contributed by atoms with Crippen LogP contribution in [0, 0.1) is 11.2 Å². The lowest BCUT2D eigenvalue weighted by molar-refractivity contribution is -0.123. The SMILES string of the molecule is CC(C)(C)C(=O)Nc1cc(F)ccc1SCc1cc2c(cc1Cl)OCO2. The quantitative estimate of drug-likeness (QED) is 0.696. The van der Waals surface area contributed by atoms with Crippen LogP contribution in [0.5, 0.6) is 11.5 Å². The van der Waals surface area contributed by atoms with Crippen LogP contribution in [-0.2, 0) is 10.5 Å². The number of carbonyl (C=O) groups is 1. The summed E-state index contributed by atoms with van der Waals surface area (Å²) in [5.41, 5.74) is 0.750. The molecule has 4 nitrogen and oxygen atoms in total. The van der Waals surface area contributed by atoms with Crippen LogP contribution in [0.4, 0.5) is 10.1 Å². The molecule has 0 aromatic heterocycles. The van der Waals surface area contributed by atoms with E-state index in [4.69, 9.17) is 21.1 Å². The predicted octanol–water partition coefficient (Wildman–Crippen LogP) is 5.48. The summed E-state index contributed by atoms with van der Waals surface area (Å²) in [6.07, 6.45) is 0. The molecule has 0 bridgehead atoms. The first-order valence-corrected chi connectivity index (χ1v) is 9.42. The number of benzene rings is 2. The van der Waals surface area contributed by atoms with Crippen LogP contribution in [0.15, 0.2) is 35.2 Å². The molecule has 1 amide bonds. The maximum atomic E-state index is 13.7. The molecule has 0 saturated heterocycles. The monoisotopic (exact) mass is 395 g/mol. The van der Waals surface area contributed by atoms with E-state index in [0.29, 0.717) is 28.0 Å². The molecular formula is C19H19ClFNO3S. The van der Waals surface area contributed by atoms with Crippen molar-refractivity contribution >= 4 is 35.0 Å². The van der Waals surface area contributed by atoms with Crippen LogP contribution in [0.2, 0.25) is 5.02 Å². The van der Waals surface area contributed by atoms with Crippen molar-refractivity contribution in [2.75, 3.05) is 12.1 Å². The highest BCUT2D eigenvalue weighted by atomic mass is 35.5. The zero-order chi connectivity index (χ0) is 18.9. The number of amides is 1. The molecule has 1 N–H and O–H groups in total. The van der Waals surface area contributed by atoms with Crippen molar-refractivity contribution in [2.24, 2.45) is 5.41 Å². The Balaban J connectivity index is 1.79. The molecule has 26 heavy (non-hydrogen) atoms. The van der Waals surface area contributed by atoms with Crippen LogP contribution in [0.1, 0.15) is 26.3 Å². The van der Waals surface area contributed by atoms with E-state index < -0.39 is 11.2 Å². The lowest BCUT2D eigenvalue weighted by atomic mass is 9.95. The van der Waals surface area contributed by atoms with E-state index >= 15 is 0 Å². The molecule has 2 aromatic rings. The smallest absolute Gasteiger partial charge is 0.231 e. The van der Waals surface area contributed by atoms with Crippen molar-refractivity contribution in [1.82, 2.24) is 0 Å². The van der Waals surface area contributed by atoms with Gasteiger partial charge in [0.2, 0.25) is 12.7 Å². The highest BCUT2D eigenvalue weighted by Gasteiger charge is 2.23. The van der Waals surface area contributed by atoms with E-state index in [1.165, 1.54) is 23.9 Å². The summed E-state index contributed by atoms with van der Waals surface area (Å²) in [5, 5.41) is 3.38. The van der Waals surface area contributed by atoms with E-state index in [1.54, 1.807) is 32.9 Å². The van der Waals surface area contributed by atoms with Crippen molar-refractivity contribution in [2.45, 2.75) is 31.4 Å². The molecule has 3 rings (SSSR count). The summed E-state index contributed by atoms with van der Waals surface area (Å²) >= 11 is 7.76. The van der Waals surface area contributed by atoms with E-state index in [-0.39, 0.29) is 12.7 Å². The van der Waals surface area contributed by atoms with Gasteiger partial charge >= 0.3 is 0 Å². The van der Waals surface area contributed by atoms with Crippen molar-refractivity contribution in [3.63, 3.8) is 0 Å². The first-order valence-electron chi connectivity index (χ1n) is 8.06. The summed E-state index contributed by atoms with van der Waals surface area (Å²) in [5.74, 6) is 1.25. The van der Waals surface area contributed by atoms with E-state index in [9.17, 15) is 9.18 Å². The van der Waals surface area contributed by atoms with Crippen molar-refractivity contribution in [3.05, 3.63) is 46.7 Å². The maximum absolute atomic E-state index is 13.7. The molecule has 0 spiro atoms. The number of nitrogens with one attached hydrogen (secondary N) is 1. The third kappa shape index (κ3) is 4.24. The van der Waals surface area contributed by atoms with Gasteiger partial charge in [-0.1, -0.05) is 32.4 Å². The topological polar surface area (TPSA) is 47.6 Å². The van der Waals surface area contributed by atoms with Gasteiger partial charge in [-0.25, -0.2) is 4.39 Å². The second-order valence-electron chi connectivity index (χ2n) is 6.93. The van der Waals surface area contributed by atoms with Gasteiger partial charge in [-0.2, -0.15) is 0 Å². The fraction of sp³-hybridized carbons (Fsp3) is 0.316. The number of hydrogen-bond donors (Lipinski definition) is 1. The Morgan fingerprint density at radius 1 is 1.23 bits per heavy atom. The van der Waals surface area contributed by atoms with Gasteiger partial charge in [-0.3, -0.25) is 4.79 Å². The van der Waals surface area contributed by atoms with Crippen molar-refractivity contribution < 1.29 is 18.7 Å². The second-order valence-corrected chi connectivity index (χ2v) is 8.35. The summed E-state index contributed by atoms with van der Waals surface area (Å²) in [7, 11) is 0. The highest BCUT2D eigenvalue weighted by Crippen LogP contribution is 2.40. The number of rotatable bonds is 4. The van der Waals surface area contributed by atoms with Gasteiger partial charge in [0.15, 0.2) is 11.5 Å². The van der Waals surface area contributed by atoms with Crippen LogP contribution < -0.4 is 14.8 Å². The molecule has 2 aromatic carbocycles. The molecule has 0 unspecified atom stereocenters. The summed E-state index contributed by atoms with van der Waals surface area (Å²) < 4.78 is 24.3. The fourth-order valence-electron chi connectivity index (χ4n) is 2.26. The minimum Gasteiger partial charge on any atom is -0.454 e. The first kappa shape index (κ1) is 18.9. The molecule has 0 radical (unpaired) electrons. The van der Waals surface area contributed by atoms with Crippen LogP contribution >= 0.6 is 23.4 Å². The largest absolute Gasteiger partial charge is 0.454 e. The van der Waals surface area contributed by atoms with Gasteiger partial charge in [-0.15, -0.1) is 11.8 Å². The Kier molecular flexibility index (Phi) is 5.34. The predicted molar refractivity (Wildman–Crippen MR) is 102 cm³/mol. The number of ether oxygens (including phenoxy) is 2. The average molecular weight is 396 g/mol. The second kappa shape index (κ2) is 7.37. The molecule has 1 aliphatic rings. The Hall–Kier alpha value is -1.92. The molecule has 7 heteroatoms. The van der Waals surface area contributed by atoms with Gasteiger partial charge in [-0.05, 0) is 29.8 Å². The number of hydrogen-bond acceptors (Lipinski definition) is 4. The molecule has 0 aliphatic carbocycles. The molecule has 0 atom stereocenters. The van der Waals surface area contributed by atoms with Crippen LogP contribution in [-0.4, -0.2) is 12.7 Å². The molecule has 1 heterocycles. The summed E-state index contributed by atoms with van der Waals surface area (Å²) in [4.78, 5) is 13.0. The van der Waals surface area contributed by atoms with E-state index in [2.05, 4.69) is 5.32 Å².